The molecule has 0 aromatic heterocycles. The van der Waals surface area contributed by atoms with Crippen LogP contribution in [0.1, 0.15) is 81.8 Å². The van der Waals surface area contributed by atoms with Crippen LogP contribution in [0.15, 0.2) is 44.2 Å². The summed E-state index contributed by atoms with van der Waals surface area (Å²) in [6.45, 7) is 19.0. The fraction of sp³-hybridized carbons (Fsp3) is 0.528. The molecule has 10 nitrogen and oxygen atoms in total. The van der Waals surface area contributed by atoms with Gasteiger partial charge in [0.1, 0.15) is 0 Å². The van der Waals surface area contributed by atoms with Crippen LogP contribution in [0, 0.1) is 0 Å². The molecule has 2 aromatic rings. The molecule has 55 heavy (non-hydrogen) atoms. The monoisotopic (exact) mass is 904 g/mol. The molecule has 0 amide bonds. The Morgan fingerprint density at radius 1 is 0.582 bits per heavy atom. The first-order valence-corrected chi connectivity index (χ1v) is 18.8. The molecule has 0 radical (unpaired) electrons. The van der Waals surface area contributed by atoms with E-state index in [1.807, 2.05) is 38.4 Å². The third-order valence-corrected chi connectivity index (χ3v) is 7.39. The van der Waals surface area contributed by atoms with Gasteiger partial charge in [-0.15, -0.1) is 0 Å². The molecule has 19 heteroatoms. The van der Waals surface area contributed by atoms with Crippen LogP contribution in [0.4, 0.5) is 25.2 Å². The zero-order valence-electron chi connectivity index (χ0n) is 33.2. The Morgan fingerprint density at radius 3 is 0.927 bits per heavy atom. The molecule has 3 rings (SSSR count). The molecular weight excluding hydrogens is 856 g/mol. The summed E-state index contributed by atoms with van der Waals surface area (Å²) in [5, 5.41) is 35.3. The van der Waals surface area contributed by atoms with E-state index in [1.54, 1.807) is 24.9 Å². The van der Waals surface area contributed by atoms with Crippen molar-refractivity contribution < 1.29 is 84.3 Å². The smallest absolute Gasteiger partial charge is 2.00 e. The first-order chi connectivity index (χ1) is 23.9. The van der Waals surface area contributed by atoms with Gasteiger partial charge < -0.3 is 29.9 Å². The SMILES string of the molecule is CC(=O)[O-].CN1CCN=Cc2cc(C(C)(C)C)cc(c2[O-])C=NCCN(C)CCN=Cc2cc(C(C)(C)C)cc(c2[O-])C=NCC1.F[P-](F)(F)(F)(F)F.[Zn+2].[Zn+2]. The summed E-state index contributed by atoms with van der Waals surface area (Å²) < 4.78 is 59.2. The number of fused-ring (bicyclic) bond motifs is 4. The number of nitrogens with zero attached hydrogens (tertiary/aromatic N) is 6. The van der Waals surface area contributed by atoms with Crippen molar-refractivity contribution >= 4 is 38.6 Å². The molecule has 1 aliphatic rings. The maximum absolute atomic E-state index is 13.2. The number of carbonyl (C=O) groups is 1. The predicted molar refractivity (Wildman–Crippen MR) is 198 cm³/mol. The Bertz CT molecular complexity index is 1470. The quantitative estimate of drug-likeness (QED) is 0.186. The molecule has 1 aliphatic heterocycles. The molecule has 0 N–H and O–H groups in total. The Morgan fingerprint density at radius 2 is 0.764 bits per heavy atom. The van der Waals surface area contributed by atoms with Crippen LogP contribution in [0.5, 0.6) is 11.5 Å². The van der Waals surface area contributed by atoms with Gasteiger partial charge in [-0.2, -0.15) is 0 Å². The van der Waals surface area contributed by atoms with Crippen molar-refractivity contribution in [1.29, 1.82) is 0 Å². The van der Waals surface area contributed by atoms with Crippen molar-refractivity contribution in [3.63, 3.8) is 0 Å². The Kier molecular flexibility index (Phi) is 21.6. The number of rotatable bonds is 0. The van der Waals surface area contributed by atoms with E-state index in [4.69, 9.17) is 9.90 Å². The Hall–Kier alpha value is -2.63. The molecule has 4 bridgehead atoms. The maximum atomic E-state index is 13.2. The number of halogens is 6. The standard InChI is InChI=1S/C34H50N6O2.C2H4O2.F6P.2Zn/c1-33(2,3)29-17-25-21-35-9-13-39(7)15-11-37-23-27-19-30(34(4,5)6)20-28(32(27)42)24-38-12-16-40(8)14-10-36-22-26(18-29)31(25)41;1-2(3)4;1-7(2,3,4,5)6;;/h17-24,41-42H,9-16H2,1-8H3;1H3,(H,3,4);;;/q;;-1;2*+2/p-3. The number of carboxylic acid groups (broad SMARTS) is 1. The van der Waals surface area contributed by atoms with E-state index in [1.165, 1.54) is 0 Å². The fourth-order valence-electron chi connectivity index (χ4n) is 4.39. The van der Waals surface area contributed by atoms with Crippen LogP contribution >= 0.6 is 7.81 Å². The normalized spacial score (nSPS) is 16.6. The molecule has 0 fully saturated rings. The van der Waals surface area contributed by atoms with Gasteiger partial charge in [0.25, 0.3) is 0 Å². The van der Waals surface area contributed by atoms with Crippen molar-refractivity contribution in [2.75, 3.05) is 66.5 Å². The van der Waals surface area contributed by atoms with E-state index in [2.05, 4.69) is 71.3 Å². The summed E-state index contributed by atoms with van der Waals surface area (Å²) in [5.74, 6) is -1.18. The van der Waals surface area contributed by atoms with Crippen molar-refractivity contribution in [3.05, 3.63) is 57.6 Å². The van der Waals surface area contributed by atoms with E-state index in [-0.39, 0.29) is 61.3 Å². The predicted octanol–water partition coefficient (Wildman–Crippen LogP) is 5.82. The van der Waals surface area contributed by atoms with Crippen molar-refractivity contribution in [2.24, 2.45) is 20.0 Å². The number of benzene rings is 2. The van der Waals surface area contributed by atoms with Gasteiger partial charge in [0.15, 0.2) is 0 Å². The van der Waals surface area contributed by atoms with Gasteiger partial charge in [-0.25, -0.2) is 0 Å². The molecule has 0 spiro atoms. The summed E-state index contributed by atoms with van der Waals surface area (Å²) in [6.07, 6.45) is 6.79. The summed E-state index contributed by atoms with van der Waals surface area (Å²) >= 11 is 0. The van der Waals surface area contributed by atoms with Gasteiger partial charge >= 0.3 is 71.9 Å². The van der Waals surface area contributed by atoms with Gasteiger partial charge in [0.05, 0.1) is 26.2 Å². The largest absolute Gasteiger partial charge is 2.00 e. The number of aliphatic imine (C=N–C) groups is 4. The van der Waals surface area contributed by atoms with Gasteiger partial charge in [-0.05, 0) is 65.2 Å². The van der Waals surface area contributed by atoms with Gasteiger partial charge in [0.2, 0.25) is 0 Å². The van der Waals surface area contributed by atoms with Crippen LogP contribution < -0.4 is 15.3 Å². The molecule has 2 aromatic carbocycles. The van der Waals surface area contributed by atoms with Crippen molar-refractivity contribution in [2.45, 2.75) is 59.3 Å². The molecule has 0 saturated carbocycles. The molecule has 1 heterocycles. The summed E-state index contributed by atoms with van der Waals surface area (Å²) in [4.78, 5) is 31.5. The van der Waals surface area contributed by atoms with Gasteiger partial charge in [0, 0.05) is 57.0 Å². The topological polar surface area (TPSA) is 142 Å². The minimum Gasteiger partial charge on any atom is 2.00 e. The molecule has 0 unspecified atom stereocenters. The molecular formula is C36H51F6N6O4PZn2. The second kappa shape index (κ2) is 21.8. The van der Waals surface area contributed by atoms with E-state index in [9.17, 15) is 35.4 Å². The maximum Gasteiger partial charge on any atom is 2.00 e. The molecule has 0 atom stereocenters. The van der Waals surface area contributed by atoms with E-state index in [0.29, 0.717) is 48.4 Å². The minimum absolute atomic E-state index is 0. The number of hydrogen-bond acceptors (Lipinski definition) is 10. The van der Waals surface area contributed by atoms with Gasteiger partial charge in [-0.1, -0.05) is 77.3 Å². The minimum atomic E-state index is -10.7. The van der Waals surface area contributed by atoms with E-state index < -0.39 is 13.8 Å². The van der Waals surface area contributed by atoms with Crippen molar-refractivity contribution in [3.8, 4) is 11.5 Å². The average Bonchev–Trinajstić information content (AvgIpc) is 2.97. The van der Waals surface area contributed by atoms with Crippen LogP contribution in [0.3, 0.4) is 0 Å². The summed E-state index contributed by atoms with van der Waals surface area (Å²) in [6, 6.07) is 7.79. The molecule has 300 valence electrons. The number of aliphatic carboxylic acids is 1. The second-order valence-electron chi connectivity index (χ2n) is 14.7. The number of likely N-dealkylation sites (N-methyl/N-ethyl adjacent to an activating group) is 2. The second-order valence-corrected chi connectivity index (χ2v) is 16.6. The summed E-state index contributed by atoms with van der Waals surface area (Å²) in [5.41, 5.74) is 4.30. The van der Waals surface area contributed by atoms with E-state index in [0.717, 1.165) is 44.2 Å². The Balaban J connectivity index is 0. The van der Waals surface area contributed by atoms with Crippen molar-refractivity contribution in [1.82, 2.24) is 9.80 Å². The van der Waals surface area contributed by atoms with E-state index >= 15 is 0 Å². The molecule has 0 saturated heterocycles. The third-order valence-electron chi connectivity index (χ3n) is 7.39. The first-order valence-electron chi connectivity index (χ1n) is 16.8. The van der Waals surface area contributed by atoms with Crippen LogP contribution in [0.25, 0.3) is 0 Å². The van der Waals surface area contributed by atoms with Crippen LogP contribution in [-0.4, -0.2) is 107 Å². The summed E-state index contributed by atoms with van der Waals surface area (Å²) in [7, 11) is -6.61. The fourth-order valence-corrected chi connectivity index (χ4v) is 4.39. The van der Waals surface area contributed by atoms with Crippen LogP contribution in [0.2, 0.25) is 0 Å². The average molecular weight is 908 g/mol. The Labute approximate surface area is 346 Å². The van der Waals surface area contributed by atoms with Gasteiger partial charge in [-0.3, -0.25) is 20.0 Å². The zero-order valence-corrected chi connectivity index (χ0v) is 40.0. The number of hydrogen-bond donors (Lipinski definition) is 0. The number of carboxylic acids is 1. The number of carbonyl (C=O) groups excluding carboxylic acids is 1. The zero-order chi connectivity index (χ0) is 40.9. The first kappa shape index (κ1) is 54.5. The van der Waals surface area contributed by atoms with Crippen LogP contribution in [-0.2, 0) is 54.6 Å². The third kappa shape index (κ3) is 26.0. The molecule has 0 aliphatic carbocycles.